The van der Waals surface area contributed by atoms with E-state index in [1.165, 1.54) is 17.3 Å². The van der Waals surface area contributed by atoms with Gasteiger partial charge in [0.2, 0.25) is 0 Å². The smallest absolute Gasteiger partial charge is 0.163 e. The van der Waals surface area contributed by atoms with E-state index in [4.69, 9.17) is 0 Å². The molecule has 0 aromatic heterocycles. The van der Waals surface area contributed by atoms with Crippen LogP contribution < -0.4 is 0 Å². The first-order valence-electron chi connectivity index (χ1n) is 4.33. The van der Waals surface area contributed by atoms with Crippen molar-refractivity contribution >= 4 is 11.8 Å². The highest BCUT2D eigenvalue weighted by Gasteiger charge is 2.18. The number of alkyl halides is 1. The topological polar surface area (TPSA) is 3.24 Å². The molecule has 1 heterocycles. The van der Waals surface area contributed by atoms with Crippen molar-refractivity contribution in [3.63, 3.8) is 0 Å². The Morgan fingerprint density at radius 1 is 1.46 bits per heavy atom. The van der Waals surface area contributed by atoms with Gasteiger partial charge in [-0.15, -0.1) is 0 Å². The third-order valence-corrected chi connectivity index (χ3v) is 3.18. The molecular formula is C10H12FNS. The molecule has 2 rings (SSSR count). The van der Waals surface area contributed by atoms with Crippen LogP contribution in [0, 0.1) is 0 Å². The molecule has 1 aliphatic rings. The van der Waals surface area contributed by atoms with Crippen LogP contribution in [-0.4, -0.2) is 24.0 Å². The van der Waals surface area contributed by atoms with E-state index < -0.39 is 5.50 Å². The van der Waals surface area contributed by atoms with E-state index in [0.717, 1.165) is 11.4 Å². The summed E-state index contributed by atoms with van der Waals surface area (Å²) in [6, 6.07) is 8.03. The maximum Gasteiger partial charge on any atom is 0.163 e. The zero-order chi connectivity index (χ0) is 9.26. The molecule has 0 amide bonds. The summed E-state index contributed by atoms with van der Waals surface area (Å²) >= 11 is 1.33. The third-order valence-electron chi connectivity index (χ3n) is 2.12. The fraction of sp³-hybridized carbons (Fsp3) is 0.400. The van der Waals surface area contributed by atoms with Gasteiger partial charge in [0.1, 0.15) is 0 Å². The molecule has 0 N–H and O–H groups in total. The van der Waals surface area contributed by atoms with Crippen molar-refractivity contribution in [3.8, 4) is 0 Å². The summed E-state index contributed by atoms with van der Waals surface area (Å²) < 4.78 is 13.3. The van der Waals surface area contributed by atoms with E-state index in [2.05, 4.69) is 6.07 Å². The van der Waals surface area contributed by atoms with Crippen LogP contribution in [0.2, 0.25) is 0 Å². The minimum Gasteiger partial charge on any atom is -0.298 e. The van der Waals surface area contributed by atoms with Crippen LogP contribution >= 0.6 is 11.8 Å². The van der Waals surface area contributed by atoms with Gasteiger partial charge in [0.25, 0.3) is 0 Å². The lowest BCUT2D eigenvalue weighted by Gasteiger charge is -2.13. The molecule has 1 atom stereocenters. The number of benzene rings is 1. The van der Waals surface area contributed by atoms with Gasteiger partial charge >= 0.3 is 0 Å². The first-order valence-corrected chi connectivity index (χ1v) is 5.21. The summed E-state index contributed by atoms with van der Waals surface area (Å²) in [6.07, 6.45) is 0. The van der Waals surface area contributed by atoms with Gasteiger partial charge < -0.3 is 0 Å². The van der Waals surface area contributed by atoms with Crippen LogP contribution in [-0.2, 0) is 6.54 Å². The molecule has 0 aliphatic carbocycles. The Kier molecular flexibility index (Phi) is 2.56. The highest BCUT2D eigenvalue weighted by Crippen LogP contribution is 2.31. The fourth-order valence-corrected chi connectivity index (χ4v) is 2.57. The molecule has 0 saturated heterocycles. The average molecular weight is 197 g/mol. The molecule has 70 valence electrons. The molecule has 1 unspecified atom stereocenters. The van der Waals surface area contributed by atoms with E-state index >= 15 is 0 Å². The van der Waals surface area contributed by atoms with E-state index in [0.29, 0.717) is 6.54 Å². The zero-order valence-corrected chi connectivity index (χ0v) is 8.35. The first kappa shape index (κ1) is 9.03. The van der Waals surface area contributed by atoms with Gasteiger partial charge in [-0.1, -0.05) is 30.0 Å². The number of rotatable bonds is 0. The molecule has 0 bridgehead atoms. The van der Waals surface area contributed by atoms with E-state index in [1.807, 2.05) is 30.1 Å². The molecule has 3 heteroatoms. The minimum atomic E-state index is -0.798. The Bertz CT molecular complexity index is 274. The van der Waals surface area contributed by atoms with Crippen molar-refractivity contribution < 1.29 is 4.39 Å². The standard InChI is InChI=1S/C10H12FNS/c1-12-6-8-4-2-3-5-9(8)13-10(11)7-12/h2-5,10H,6-7H2,1H3. The van der Waals surface area contributed by atoms with Gasteiger partial charge in [-0.05, 0) is 18.7 Å². The fourth-order valence-electron chi connectivity index (χ4n) is 1.52. The number of fused-ring (bicyclic) bond motifs is 1. The second kappa shape index (κ2) is 3.68. The highest BCUT2D eigenvalue weighted by molar-refractivity contribution is 7.99. The molecule has 0 spiro atoms. The van der Waals surface area contributed by atoms with E-state index in [9.17, 15) is 4.39 Å². The maximum atomic E-state index is 13.3. The molecule has 0 fully saturated rings. The molecular weight excluding hydrogens is 185 g/mol. The van der Waals surface area contributed by atoms with Crippen LogP contribution in [0.1, 0.15) is 5.56 Å². The normalized spacial score (nSPS) is 23.7. The van der Waals surface area contributed by atoms with E-state index in [-0.39, 0.29) is 0 Å². The largest absolute Gasteiger partial charge is 0.298 e. The lowest BCUT2D eigenvalue weighted by atomic mass is 10.2. The van der Waals surface area contributed by atoms with Crippen molar-refractivity contribution in [1.82, 2.24) is 4.90 Å². The molecule has 13 heavy (non-hydrogen) atoms. The molecule has 0 saturated carbocycles. The van der Waals surface area contributed by atoms with Gasteiger partial charge in [-0.2, -0.15) is 0 Å². The highest BCUT2D eigenvalue weighted by atomic mass is 32.2. The SMILES string of the molecule is CN1Cc2ccccc2SC(F)C1. The summed E-state index contributed by atoms with van der Waals surface area (Å²) in [5, 5.41) is 0. The summed E-state index contributed by atoms with van der Waals surface area (Å²) in [6.45, 7) is 1.36. The van der Waals surface area contributed by atoms with Gasteiger partial charge in [-0.3, -0.25) is 4.90 Å². The Hall–Kier alpha value is -0.540. The number of nitrogens with zero attached hydrogens (tertiary/aromatic N) is 1. The van der Waals surface area contributed by atoms with E-state index in [1.54, 1.807) is 0 Å². The Morgan fingerprint density at radius 3 is 3.08 bits per heavy atom. The second-order valence-corrected chi connectivity index (χ2v) is 4.52. The number of thioether (sulfide) groups is 1. The van der Waals surface area contributed by atoms with Crippen molar-refractivity contribution in [2.45, 2.75) is 16.9 Å². The van der Waals surface area contributed by atoms with Crippen molar-refractivity contribution in [3.05, 3.63) is 29.8 Å². The predicted octanol–water partition coefficient (Wildman–Crippen LogP) is 2.52. The van der Waals surface area contributed by atoms with Crippen LogP contribution in [0.5, 0.6) is 0 Å². The zero-order valence-electron chi connectivity index (χ0n) is 7.53. The summed E-state index contributed by atoms with van der Waals surface area (Å²) in [5.41, 5.74) is 0.434. The number of halogens is 1. The molecule has 1 aliphatic heterocycles. The van der Waals surface area contributed by atoms with Gasteiger partial charge in [0.15, 0.2) is 5.50 Å². The average Bonchev–Trinajstić information content (AvgIpc) is 2.20. The van der Waals surface area contributed by atoms with Gasteiger partial charge in [0, 0.05) is 18.0 Å². The third kappa shape index (κ3) is 2.03. The summed E-state index contributed by atoms with van der Waals surface area (Å²) in [7, 11) is 1.95. The summed E-state index contributed by atoms with van der Waals surface area (Å²) in [5.74, 6) is 0. The Balaban J connectivity index is 2.32. The Labute approximate surface area is 81.9 Å². The van der Waals surface area contributed by atoms with Crippen molar-refractivity contribution in [1.29, 1.82) is 0 Å². The molecule has 1 aromatic carbocycles. The second-order valence-electron chi connectivity index (χ2n) is 3.33. The monoisotopic (exact) mass is 197 g/mol. The molecule has 0 radical (unpaired) electrons. The van der Waals surface area contributed by atoms with Crippen LogP contribution in [0.4, 0.5) is 4.39 Å². The lowest BCUT2D eigenvalue weighted by Crippen LogP contribution is -2.22. The number of hydrogen-bond donors (Lipinski definition) is 0. The predicted molar refractivity (Wildman–Crippen MR) is 53.5 cm³/mol. The quantitative estimate of drug-likeness (QED) is 0.628. The van der Waals surface area contributed by atoms with Crippen LogP contribution in [0.15, 0.2) is 29.2 Å². The Morgan fingerprint density at radius 2 is 2.23 bits per heavy atom. The van der Waals surface area contributed by atoms with Gasteiger partial charge in [-0.25, -0.2) is 4.39 Å². The minimum absolute atomic E-state index is 0.513. The maximum absolute atomic E-state index is 13.3. The number of hydrogen-bond acceptors (Lipinski definition) is 2. The molecule has 1 aromatic rings. The van der Waals surface area contributed by atoms with Crippen LogP contribution in [0.25, 0.3) is 0 Å². The first-order chi connectivity index (χ1) is 6.25. The lowest BCUT2D eigenvalue weighted by molar-refractivity contribution is 0.274. The summed E-state index contributed by atoms with van der Waals surface area (Å²) in [4.78, 5) is 3.10. The van der Waals surface area contributed by atoms with Crippen molar-refractivity contribution in [2.24, 2.45) is 0 Å². The van der Waals surface area contributed by atoms with Gasteiger partial charge in [0.05, 0.1) is 0 Å². The molecule has 1 nitrogen and oxygen atoms in total. The van der Waals surface area contributed by atoms with Crippen LogP contribution in [0.3, 0.4) is 0 Å². The van der Waals surface area contributed by atoms with Crippen molar-refractivity contribution in [2.75, 3.05) is 13.6 Å².